The minimum Gasteiger partial charge on any atom is -0.361 e. The Kier molecular flexibility index (Phi) is 8.05. The van der Waals surface area contributed by atoms with Crippen LogP contribution in [0.5, 0.6) is 0 Å². The van der Waals surface area contributed by atoms with Gasteiger partial charge in [0, 0.05) is 80.9 Å². The molecule has 0 aliphatic carbocycles. The summed E-state index contributed by atoms with van der Waals surface area (Å²) in [6.45, 7) is 3.80. The Morgan fingerprint density at radius 2 is 1.74 bits per heavy atom. The third-order valence-corrected chi connectivity index (χ3v) is 8.22. The van der Waals surface area contributed by atoms with Gasteiger partial charge < -0.3 is 29.9 Å². The van der Waals surface area contributed by atoms with Crippen molar-refractivity contribution in [2.75, 3.05) is 63.2 Å². The lowest BCUT2D eigenvalue weighted by Crippen LogP contribution is -2.58. The van der Waals surface area contributed by atoms with Crippen LogP contribution in [0.25, 0.3) is 10.9 Å². The highest BCUT2D eigenvalue weighted by Crippen LogP contribution is 2.31. The molecule has 10 heteroatoms. The van der Waals surface area contributed by atoms with Crippen LogP contribution in [0.4, 0.5) is 16.4 Å². The molecular weight excluding hydrogens is 528 g/mol. The molecule has 2 aliphatic heterocycles. The fraction of sp³-hybridized carbons (Fsp3) is 0.375. The number of para-hydroxylation sites is 2. The first kappa shape index (κ1) is 27.7. The number of carbonyl (C=O) groups is 2. The minimum atomic E-state index is -0.724. The van der Waals surface area contributed by atoms with E-state index < -0.39 is 6.04 Å². The summed E-state index contributed by atoms with van der Waals surface area (Å²) in [5.41, 5.74) is 4.12. The number of urea groups is 1. The largest absolute Gasteiger partial charge is 0.361 e. The summed E-state index contributed by atoms with van der Waals surface area (Å²) in [4.78, 5) is 48.1. The molecule has 6 rings (SSSR count). The molecule has 2 atom stereocenters. The molecule has 0 spiro atoms. The average Bonchev–Trinajstić information content (AvgIpc) is 3.43. The van der Waals surface area contributed by atoms with Gasteiger partial charge in [-0.15, -0.1) is 0 Å². The van der Waals surface area contributed by atoms with Crippen molar-refractivity contribution in [3.8, 4) is 0 Å². The second-order valence-electron chi connectivity index (χ2n) is 11.5. The van der Waals surface area contributed by atoms with Crippen LogP contribution in [-0.2, 0) is 17.6 Å². The quantitative estimate of drug-likeness (QED) is 0.357. The Hall–Kier alpha value is -4.44. The number of rotatable bonds is 7. The van der Waals surface area contributed by atoms with Gasteiger partial charge in [0.1, 0.15) is 6.04 Å². The van der Waals surface area contributed by atoms with Crippen molar-refractivity contribution in [1.82, 2.24) is 30.1 Å². The van der Waals surface area contributed by atoms with Crippen molar-refractivity contribution in [3.63, 3.8) is 0 Å². The van der Waals surface area contributed by atoms with Crippen molar-refractivity contribution in [3.05, 3.63) is 84.3 Å². The molecule has 2 aliphatic rings. The lowest BCUT2D eigenvalue weighted by Gasteiger charge is -2.38. The van der Waals surface area contributed by atoms with E-state index in [1.54, 1.807) is 23.4 Å². The Morgan fingerprint density at radius 3 is 2.52 bits per heavy atom. The number of hydrogen-bond donors (Lipinski definition) is 2. The molecule has 2 aromatic heterocycles. The molecule has 42 heavy (non-hydrogen) atoms. The van der Waals surface area contributed by atoms with Crippen molar-refractivity contribution >= 4 is 34.5 Å². The smallest absolute Gasteiger partial charge is 0.318 e. The number of fused-ring (bicyclic) bond motifs is 2. The van der Waals surface area contributed by atoms with E-state index in [1.165, 1.54) is 5.56 Å². The highest BCUT2D eigenvalue weighted by atomic mass is 16.2. The molecule has 4 aromatic rings. The molecule has 4 heterocycles. The third kappa shape index (κ3) is 5.94. The third-order valence-electron chi connectivity index (χ3n) is 8.22. The number of aromatic nitrogens is 3. The molecule has 1 saturated heterocycles. The maximum atomic E-state index is 14.5. The van der Waals surface area contributed by atoms with E-state index in [0.29, 0.717) is 51.0 Å². The summed E-state index contributed by atoms with van der Waals surface area (Å²) < 4.78 is 0. The number of nitrogens with one attached hydrogen (secondary N) is 2. The van der Waals surface area contributed by atoms with Gasteiger partial charge in [-0.05, 0) is 55.8 Å². The molecule has 0 saturated carbocycles. The van der Waals surface area contributed by atoms with Crippen LogP contribution in [-0.4, -0.2) is 96.1 Å². The maximum absolute atomic E-state index is 14.5. The van der Waals surface area contributed by atoms with Gasteiger partial charge in [0.15, 0.2) is 0 Å². The van der Waals surface area contributed by atoms with Crippen LogP contribution in [0, 0.1) is 5.92 Å². The fourth-order valence-corrected chi connectivity index (χ4v) is 6.24. The number of piperazine rings is 1. The molecule has 1 unspecified atom stereocenters. The molecular formula is C32H38N8O2. The van der Waals surface area contributed by atoms with Crippen LogP contribution >= 0.6 is 0 Å². The van der Waals surface area contributed by atoms with Crippen molar-refractivity contribution in [1.29, 1.82) is 0 Å². The highest BCUT2D eigenvalue weighted by Gasteiger charge is 2.35. The van der Waals surface area contributed by atoms with E-state index in [-0.39, 0.29) is 11.9 Å². The zero-order valence-electron chi connectivity index (χ0n) is 24.2. The lowest BCUT2D eigenvalue weighted by atomic mass is 9.91. The summed E-state index contributed by atoms with van der Waals surface area (Å²) in [6.07, 6.45) is 6.72. The molecule has 218 valence electrons. The van der Waals surface area contributed by atoms with E-state index in [1.807, 2.05) is 47.5 Å². The monoisotopic (exact) mass is 566 g/mol. The first-order valence-electron chi connectivity index (χ1n) is 14.6. The number of amides is 3. The number of H-pyrrole nitrogens is 1. The number of aromatic amines is 1. The Morgan fingerprint density at radius 1 is 1.00 bits per heavy atom. The van der Waals surface area contributed by atoms with Gasteiger partial charge in [-0.2, -0.15) is 0 Å². The van der Waals surface area contributed by atoms with Crippen LogP contribution in [0.2, 0.25) is 0 Å². The number of hydrogen-bond acceptors (Lipinski definition) is 6. The number of benzene rings is 2. The molecule has 0 bridgehead atoms. The van der Waals surface area contributed by atoms with E-state index >= 15 is 0 Å². The fourth-order valence-electron chi connectivity index (χ4n) is 6.24. The topological polar surface area (TPSA) is 101 Å². The van der Waals surface area contributed by atoms with Gasteiger partial charge in [-0.1, -0.05) is 36.4 Å². The summed E-state index contributed by atoms with van der Waals surface area (Å²) >= 11 is 0. The zero-order chi connectivity index (χ0) is 29.1. The first-order valence-corrected chi connectivity index (χ1v) is 14.6. The highest BCUT2D eigenvalue weighted by molar-refractivity contribution is 6.00. The predicted octanol–water partition coefficient (Wildman–Crippen LogP) is 3.17. The van der Waals surface area contributed by atoms with Gasteiger partial charge in [0.2, 0.25) is 11.9 Å². The van der Waals surface area contributed by atoms with Crippen molar-refractivity contribution < 1.29 is 9.59 Å². The van der Waals surface area contributed by atoms with Crippen LogP contribution in [0.1, 0.15) is 11.1 Å². The Balaban J connectivity index is 1.24. The van der Waals surface area contributed by atoms with Gasteiger partial charge in [0.05, 0.1) is 0 Å². The Labute approximate surface area is 246 Å². The average molecular weight is 567 g/mol. The summed E-state index contributed by atoms with van der Waals surface area (Å²) in [5, 5.41) is 4.21. The van der Waals surface area contributed by atoms with Gasteiger partial charge in [-0.25, -0.2) is 14.8 Å². The number of anilines is 2. The van der Waals surface area contributed by atoms with Gasteiger partial charge >= 0.3 is 6.03 Å². The Bertz CT molecular complexity index is 1530. The van der Waals surface area contributed by atoms with Crippen molar-refractivity contribution in [2.24, 2.45) is 5.92 Å². The summed E-state index contributed by atoms with van der Waals surface area (Å²) in [5.74, 6) is 0.887. The SMILES string of the molecule is CN(C)CC1Cc2ccccc2N(C(=O)[C@@H](Cc2c[nH]c3ccccc23)NC(=O)N2CCN(c3ncccn3)CC2)C1. The van der Waals surface area contributed by atoms with E-state index in [9.17, 15) is 9.59 Å². The zero-order valence-corrected chi connectivity index (χ0v) is 24.2. The van der Waals surface area contributed by atoms with Crippen LogP contribution in [0.3, 0.4) is 0 Å². The predicted molar refractivity (Wildman–Crippen MR) is 165 cm³/mol. The minimum absolute atomic E-state index is 0.0825. The number of nitrogens with zero attached hydrogens (tertiary/aromatic N) is 6. The standard InChI is InChI=1S/C32H38N8O2/c1-37(2)21-23-18-24-8-3-6-11-29(24)40(22-23)30(41)28(19-25-20-35-27-10-5-4-9-26(25)27)36-32(42)39-16-14-38(15-17-39)31-33-12-7-13-34-31/h3-13,20,23,28,35H,14-19,21-22H2,1-2H3,(H,36,42)/t23?,28-/m1/s1. The van der Waals surface area contributed by atoms with Gasteiger partial charge in [0.25, 0.3) is 0 Å². The van der Waals surface area contributed by atoms with E-state index in [4.69, 9.17) is 0 Å². The molecule has 3 amide bonds. The lowest BCUT2D eigenvalue weighted by molar-refractivity contribution is -0.120. The van der Waals surface area contributed by atoms with Crippen molar-refractivity contribution in [2.45, 2.75) is 18.9 Å². The molecule has 0 radical (unpaired) electrons. The first-order chi connectivity index (χ1) is 20.5. The van der Waals surface area contributed by atoms with Crippen LogP contribution < -0.4 is 15.1 Å². The molecule has 1 fully saturated rings. The summed E-state index contributed by atoms with van der Waals surface area (Å²) in [6, 6.07) is 17.1. The van der Waals surface area contributed by atoms with Crippen LogP contribution in [0.15, 0.2) is 73.2 Å². The normalized spacial score (nSPS) is 17.8. The van der Waals surface area contributed by atoms with E-state index in [2.05, 4.69) is 56.3 Å². The van der Waals surface area contributed by atoms with Gasteiger partial charge in [-0.3, -0.25) is 4.79 Å². The maximum Gasteiger partial charge on any atom is 0.318 e. The molecule has 10 nitrogen and oxygen atoms in total. The molecule has 2 aromatic carbocycles. The molecule has 2 N–H and O–H groups in total. The van der Waals surface area contributed by atoms with E-state index in [0.717, 1.165) is 35.1 Å². The summed E-state index contributed by atoms with van der Waals surface area (Å²) in [7, 11) is 4.13. The number of carbonyl (C=O) groups excluding carboxylic acids is 2. The second-order valence-corrected chi connectivity index (χ2v) is 11.5. The second kappa shape index (κ2) is 12.2.